The van der Waals surface area contributed by atoms with Crippen LogP contribution in [0.4, 0.5) is 5.82 Å². The maximum absolute atomic E-state index is 5.95. The van der Waals surface area contributed by atoms with E-state index in [-0.39, 0.29) is 6.10 Å². The molecule has 1 aromatic rings. The standard InChI is InChI=1S/C15H25ClN2O/c1-5-6-14-9-13(11-16)10-15(17-14)18(4)7-8-19-12(2)3/h9-10,12H,5-8,11H2,1-4H3. The number of ether oxygens (including phenoxy) is 1. The maximum atomic E-state index is 5.95. The molecule has 1 heterocycles. The Morgan fingerprint density at radius 1 is 1.37 bits per heavy atom. The molecule has 108 valence electrons. The Bertz CT molecular complexity index is 382. The van der Waals surface area contributed by atoms with Crippen LogP contribution in [-0.2, 0) is 17.0 Å². The Kier molecular flexibility index (Phi) is 7.17. The second kappa shape index (κ2) is 8.39. The third-order valence-corrected chi connectivity index (χ3v) is 3.16. The smallest absolute Gasteiger partial charge is 0.128 e. The molecule has 0 unspecified atom stereocenters. The fourth-order valence-electron chi connectivity index (χ4n) is 1.83. The molecule has 0 bridgehead atoms. The molecule has 0 fully saturated rings. The van der Waals surface area contributed by atoms with Crippen LogP contribution < -0.4 is 4.90 Å². The fourth-order valence-corrected chi connectivity index (χ4v) is 1.98. The molecular weight excluding hydrogens is 260 g/mol. The molecule has 0 aromatic carbocycles. The van der Waals surface area contributed by atoms with E-state index in [4.69, 9.17) is 16.3 Å². The quantitative estimate of drug-likeness (QED) is 0.682. The number of likely N-dealkylation sites (N-methyl/N-ethyl adjacent to an activating group) is 1. The van der Waals surface area contributed by atoms with Crippen LogP contribution in [0.5, 0.6) is 0 Å². The predicted molar refractivity (Wildman–Crippen MR) is 82.1 cm³/mol. The summed E-state index contributed by atoms with van der Waals surface area (Å²) in [7, 11) is 2.04. The number of pyridine rings is 1. The molecule has 0 aliphatic heterocycles. The van der Waals surface area contributed by atoms with Crippen molar-refractivity contribution < 1.29 is 4.74 Å². The highest BCUT2D eigenvalue weighted by Gasteiger charge is 2.07. The lowest BCUT2D eigenvalue weighted by Gasteiger charge is -2.20. The van der Waals surface area contributed by atoms with Crippen molar-refractivity contribution in [1.29, 1.82) is 0 Å². The Morgan fingerprint density at radius 3 is 2.68 bits per heavy atom. The van der Waals surface area contributed by atoms with E-state index in [1.807, 2.05) is 20.9 Å². The first-order valence-electron chi connectivity index (χ1n) is 6.95. The van der Waals surface area contributed by atoms with Gasteiger partial charge >= 0.3 is 0 Å². The zero-order chi connectivity index (χ0) is 14.3. The molecule has 0 aliphatic carbocycles. The van der Waals surface area contributed by atoms with Crippen molar-refractivity contribution >= 4 is 17.4 Å². The van der Waals surface area contributed by atoms with Crippen LogP contribution in [0.3, 0.4) is 0 Å². The maximum Gasteiger partial charge on any atom is 0.128 e. The second-order valence-electron chi connectivity index (χ2n) is 5.05. The Balaban J connectivity index is 2.71. The molecule has 0 aliphatic rings. The molecule has 1 rings (SSSR count). The van der Waals surface area contributed by atoms with Gasteiger partial charge in [0.15, 0.2) is 0 Å². The van der Waals surface area contributed by atoms with E-state index in [1.54, 1.807) is 0 Å². The van der Waals surface area contributed by atoms with Crippen LogP contribution >= 0.6 is 11.6 Å². The normalized spacial score (nSPS) is 11.1. The van der Waals surface area contributed by atoms with E-state index in [1.165, 1.54) is 0 Å². The molecule has 0 saturated heterocycles. The highest BCUT2D eigenvalue weighted by molar-refractivity contribution is 6.17. The summed E-state index contributed by atoms with van der Waals surface area (Å²) in [6.45, 7) is 7.80. The minimum Gasteiger partial charge on any atom is -0.377 e. The molecule has 0 atom stereocenters. The van der Waals surface area contributed by atoms with Crippen LogP contribution in [0.25, 0.3) is 0 Å². The lowest BCUT2D eigenvalue weighted by molar-refractivity contribution is 0.0845. The molecule has 19 heavy (non-hydrogen) atoms. The van der Waals surface area contributed by atoms with E-state index >= 15 is 0 Å². The van der Waals surface area contributed by atoms with Gasteiger partial charge in [-0.05, 0) is 38.0 Å². The van der Waals surface area contributed by atoms with Crippen molar-refractivity contribution in [3.05, 3.63) is 23.4 Å². The zero-order valence-electron chi connectivity index (χ0n) is 12.4. The summed E-state index contributed by atoms with van der Waals surface area (Å²) in [5.74, 6) is 1.51. The van der Waals surface area contributed by atoms with Crippen molar-refractivity contribution in [1.82, 2.24) is 4.98 Å². The van der Waals surface area contributed by atoms with Crippen LogP contribution in [0.15, 0.2) is 12.1 Å². The molecule has 0 saturated carbocycles. The summed E-state index contributed by atoms with van der Waals surface area (Å²) in [6.07, 6.45) is 2.36. The van der Waals surface area contributed by atoms with Crippen molar-refractivity contribution in [2.45, 2.75) is 45.6 Å². The molecule has 0 amide bonds. The molecule has 3 nitrogen and oxygen atoms in total. The topological polar surface area (TPSA) is 25.4 Å². The van der Waals surface area contributed by atoms with Gasteiger partial charge < -0.3 is 9.64 Å². The highest BCUT2D eigenvalue weighted by atomic mass is 35.5. The largest absolute Gasteiger partial charge is 0.377 e. The van der Waals surface area contributed by atoms with Gasteiger partial charge in [-0.3, -0.25) is 0 Å². The number of nitrogens with zero attached hydrogens (tertiary/aromatic N) is 2. The molecule has 0 radical (unpaired) electrons. The zero-order valence-corrected chi connectivity index (χ0v) is 13.2. The minimum absolute atomic E-state index is 0.270. The van der Waals surface area contributed by atoms with Gasteiger partial charge in [-0.1, -0.05) is 13.3 Å². The lowest BCUT2D eigenvalue weighted by Crippen LogP contribution is -2.25. The average Bonchev–Trinajstić information content (AvgIpc) is 2.38. The predicted octanol–water partition coefficient (Wildman–Crippen LogP) is 3.63. The third-order valence-electron chi connectivity index (χ3n) is 2.85. The van der Waals surface area contributed by atoms with Crippen molar-refractivity contribution in [2.24, 2.45) is 0 Å². The van der Waals surface area contributed by atoms with Crippen LogP contribution in [-0.4, -0.2) is 31.3 Å². The van der Waals surface area contributed by atoms with Crippen LogP contribution in [0, 0.1) is 0 Å². The number of aromatic nitrogens is 1. The average molecular weight is 285 g/mol. The number of halogens is 1. The monoisotopic (exact) mass is 284 g/mol. The minimum atomic E-state index is 0.270. The highest BCUT2D eigenvalue weighted by Crippen LogP contribution is 2.16. The molecule has 4 heteroatoms. The van der Waals surface area contributed by atoms with E-state index in [2.05, 4.69) is 28.9 Å². The summed E-state index contributed by atoms with van der Waals surface area (Å²) < 4.78 is 5.57. The summed E-state index contributed by atoms with van der Waals surface area (Å²) in [4.78, 5) is 6.80. The van der Waals surface area contributed by atoms with Gasteiger partial charge in [-0.2, -0.15) is 0 Å². The second-order valence-corrected chi connectivity index (χ2v) is 5.32. The van der Waals surface area contributed by atoms with Gasteiger partial charge in [0, 0.05) is 25.2 Å². The number of anilines is 1. The molecule has 0 N–H and O–H groups in total. The first-order chi connectivity index (χ1) is 9.06. The van der Waals surface area contributed by atoms with Crippen LogP contribution in [0.2, 0.25) is 0 Å². The molecule has 0 spiro atoms. The fraction of sp³-hybridized carbons (Fsp3) is 0.667. The SMILES string of the molecule is CCCc1cc(CCl)cc(N(C)CCOC(C)C)n1. The van der Waals surface area contributed by atoms with Crippen molar-refractivity contribution in [3.63, 3.8) is 0 Å². The van der Waals surface area contributed by atoms with E-state index in [0.29, 0.717) is 12.5 Å². The summed E-state index contributed by atoms with van der Waals surface area (Å²) >= 11 is 5.95. The van der Waals surface area contributed by atoms with Gasteiger partial charge in [0.1, 0.15) is 5.82 Å². The first-order valence-corrected chi connectivity index (χ1v) is 7.48. The number of alkyl halides is 1. The van der Waals surface area contributed by atoms with E-state index in [9.17, 15) is 0 Å². The number of hydrogen-bond donors (Lipinski definition) is 0. The van der Waals surface area contributed by atoms with E-state index < -0.39 is 0 Å². The Labute approximate surface area is 121 Å². The summed E-state index contributed by atoms with van der Waals surface area (Å²) in [5, 5.41) is 0. The number of aryl methyl sites for hydroxylation is 1. The van der Waals surface area contributed by atoms with Gasteiger partial charge in [-0.25, -0.2) is 4.98 Å². The van der Waals surface area contributed by atoms with Gasteiger partial charge in [-0.15, -0.1) is 11.6 Å². The Morgan fingerprint density at radius 2 is 2.11 bits per heavy atom. The number of rotatable bonds is 8. The van der Waals surface area contributed by atoms with E-state index in [0.717, 1.165) is 36.5 Å². The van der Waals surface area contributed by atoms with Gasteiger partial charge in [0.2, 0.25) is 0 Å². The van der Waals surface area contributed by atoms with Crippen LogP contribution in [0.1, 0.15) is 38.4 Å². The van der Waals surface area contributed by atoms with Crippen molar-refractivity contribution in [2.75, 3.05) is 25.1 Å². The lowest BCUT2D eigenvalue weighted by atomic mass is 10.2. The first kappa shape index (κ1) is 16.3. The molecular formula is C15H25ClN2O. The summed E-state index contributed by atoms with van der Waals surface area (Å²) in [5.41, 5.74) is 2.25. The number of hydrogen-bond acceptors (Lipinski definition) is 3. The summed E-state index contributed by atoms with van der Waals surface area (Å²) in [6, 6.07) is 4.15. The Hall–Kier alpha value is -0.800. The molecule has 1 aromatic heterocycles. The van der Waals surface area contributed by atoms with Gasteiger partial charge in [0.05, 0.1) is 12.7 Å². The third kappa shape index (κ3) is 5.79. The van der Waals surface area contributed by atoms with Gasteiger partial charge in [0.25, 0.3) is 0 Å². The van der Waals surface area contributed by atoms with Crippen molar-refractivity contribution in [3.8, 4) is 0 Å².